The number of carbonyl (C=O) groups is 1. The second-order valence-corrected chi connectivity index (χ2v) is 3.99. The largest absolute Gasteiger partial charge is 0.398 e. The number of hydrogen-bond donors (Lipinski definition) is 2. The van der Waals surface area contributed by atoms with Gasteiger partial charge in [-0.15, -0.1) is 0 Å². The molecule has 0 heterocycles. The summed E-state index contributed by atoms with van der Waals surface area (Å²) in [4.78, 5) is 22.0. The molecule has 0 bridgehead atoms. The Labute approximate surface area is 113 Å². The molecular formula is C13H10FN3O3. The zero-order chi connectivity index (χ0) is 14.7. The van der Waals surface area contributed by atoms with Gasteiger partial charge in [0.25, 0.3) is 11.6 Å². The Bertz CT molecular complexity index is 688. The maximum Gasteiger partial charge on any atom is 0.271 e. The summed E-state index contributed by atoms with van der Waals surface area (Å²) in [5.41, 5.74) is 5.75. The lowest BCUT2D eigenvalue weighted by molar-refractivity contribution is -0.384. The number of nitrogens with one attached hydrogen (secondary N) is 1. The van der Waals surface area contributed by atoms with Crippen molar-refractivity contribution in [1.29, 1.82) is 0 Å². The third kappa shape index (κ3) is 2.89. The lowest BCUT2D eigenvalue weighted by atomic mass is 10.1. The number of carbonyl (C=O) groups excluding carboxylic acids is 1. The molecule has 6 nitrogen and oxygen atoms in total. The van der Waals surface area contributed by atoms with Gasteiger partial charge in [-0.2, -0.15) is 0 Å². The second-order valence-electron chi connectivity index (χ2n) is 3.99. The number of rotatable bonds is 3. The molecule has 0 spiro atoms. The number of nitrogen functional groups attached to an aromatic ring is 1. The number of non-ortho nitro benzene ring substituents is 1. The van der Waals surface area contributed by atoms with E-state index in [9.17, 15) is 19.3 Å². The van der Waals surface area contributed by atoms with Crippen LogP contribution in [0.25, 0.3) is 0 Å². The molecule has 2 rings (SSSR count). The van der Waals surface area contributed by atoms with Crippen molar-refractivity contribution in [1.82, 2.24) is 0 Å². The quantitative estimate of drug-likeness (QED) is 0.511. The molecule has 7 heteroatoms. The molecular weight excluding hydrogens is 265 g/mol. The summed E-state index contributed by atoms with van der Waals surface area (Å²) in [7, 11) is 0. The van der Waals surface area contributed by atoms with Gasteiger partial charge in [0.1, 0.15) is 5.82 Å². The van der Waals surface area contributed by atoms with Gasteiger partial charge in [-0.3, -0.25) is 14.9 Å². The monoisotopic (exact) mass is 275 g/mol. The predicted octanol–water partition coefficient (Wildman–Crippen LogP) is 2.57. The van der Waals surface area contributed by atoms with E-state index in [0.717, 1.165) is 12.1 Å². The molecule has 0 saturated heterocycles. The Morgan fingerprint density at radius 2 is 2.00 bits per heavy atom. The van der Waals surface area contributed by atoms with E-state index in [1.807, 2.05) is 0 Å². The van der Waals surface area contributed by atoms with Crippen molar-refractivity contribution in [3.05, 3.63) is 64.0 Å². The van der Waals surface area contributed by atoms with E-state index in [2.05, 4.69) is 5.32 Å². The molecule has 0 radical (unpaired) electrons. The number of nitrogens with zero attached hydrogens (tertiary/aromatic N) is 1. The number of halogens is 1. The number of amides is 1. The van der Waals surface area contributed by atoms with E-state index >= 15 is 0 Å². The third-order valence-corrected chi connectivity index (χ3v) is 2.57. The first kappa shape index (κ1) is 13.5. The van der Waals surface area contributed by atoms with Crippen molar-refractivity contribution in [3.8, 4) is 0 Å². The highest BCUT2D eigenvalue weighted by molar-refractivity contribution is 6.07. The lowest BCUT2D eigenvalue weighted by Gasteiger charge is -2.07. The molecule has 3 N–H and O–H groups in total. The number of nitrogens with two attached hydrogens (primary N) is 1. The molecule has 1 amide bonds. The van der Waals surface area contributed by atoms with E-state index in [4.69, 9.17) is 5.73 Å². The molecule has 0 aliphatic rings. The smallest absolute Gasteiger partial charge is 0.271 e. The summed E-state index contributed by atoms with van der Waals surface area (Å²) in [6.45, 7) is 0. The molecule has 0 fully saturated rings. The van der Waals surface area contributed by atoms with Crippen LogP contribution in [-0.4, -0.2) is 10.8 Å². The Morgan fingerprint density at radius 1 is 1.25 bits per heavy atom. The van der Waals surface area contributed by atoms with Crippen molar-refractivity contribution in [3.63, 3.8) is 0 Å². The number of anilines is 2. The fourth-order valence-corrected chi connectivity index (χ4v) is 1.62. The third-order valence-electron chi connectivity index (χ3n) is 2.57. The minimum absolute atomic E-state index is 0.0310. The van der Waals surface area contributed by atoms with Crippen molar-refractivity contribution < 1.29 is 14.1 Å². The zero-order valence-corrected chi connectivity index (χ0v) is 10.2. The maximum absolute atomic E-state index is 13.1. The van der Waals surface area contributed by atoms with Crippen LogP contribution in [0.1, 0.15) is 10.4 Å². The number of hydrogen-bond acceptors (Lipinski definition) is 4. The first-order valence-electron chi connectivity index (χ1n) is 5.58. The second kappa shape index (κ2) is 5.35. The summed E-state index contributed by atoms with van der Waals surface area (Å²) in [6, 6.07) is 8.84. The van der Waals surface area contributed by atoms with Gasteiger partial charge in [0, 0.05) is 23.5 Å². The molecule has 0 aliphatic carbocycles. The molecule has 0 saturated carbocycles. The molecule has 0 atom stereocenters. The van der Waals surface area contributed by atoms with Crippen LogP contribution in [0.2, 0.25) is 0 Å². The minimum Gasteiger partial charge on any atom is -0.398 e. The Morgan fingerprint density at radius 3 is 2.70 bits per heavy atom. The number of benzene rings is 2. The van der Waals surface area contributed by atoms with Crippen LogP contribution in [0, 0.1) is 15.9 Å². The van der Waals surface area contributed by atoms with E-state index in [0.29, 0.717) is 0 Å². The summed E-state index contributed by atoms with van der Waals surface area (Å²) in [5, 5.41) is 13.1. The van der Waals surface area contributed by atoms with Crippen molar-refractivity contribution in [2.24, 2.45) is 0 Å². The SMILES string of the molecule is Nc1ccc(F)cc1C(=O)Nc1cccc([N+](=O)[O-])c1. The molecule has 102 valence electrons. The average molecular weight is 275 g/mol. The van der Waals surface area contributed by atoms with Gasteiger partial charge in [0.15, 0.2) is 0 Å². The summed E-state index contributed by atoms with van der Waals surface area (Å²) in [5.74, 6) is -1.23. The fraction of sp³-hybridized carbons (Fsp3) is 0. The summed E-state index contributed by atoms with van der Waals surface area (Å²) in [6.07, 6.45) is 0. The van der Waals surface area contributed by atoms with E-state index in [-0.39, 0.29) is 22.6 Å². The van der Waals surface area contributed by atoms with Crippen LogP contribution in [0.3, 0.4) is 0 Å². The first-order chi connectivity index (χ1) is 9.47. The Kier molecular flexibility index (Phi) is 3.60. The van der Waals surface area contributed by atoms with E-state index in [1.54, 1.807) is 0 Å². The summed E-state index contributed by atoms with van der Waals surface area (Å²) < 4.78 is 13.1. The average Bonchev–Trinajstić information content (AvgIpc) is 2.41. The van der Waals surface area contributed by atoms with Crippen molar-refractivity contribution >= 4 is 23.0 Å². The van der Waals surface area contributed by atoms with Crippen molar-refractivity contribution in [2.45, 2.75) is 0 Å². The van der Waals surface area contributed by atoms with Crippen molar-refractivity contribution in [2.75, 3.05) is 11.1 Å². The number of nitro benzene ring substituents is 1. The standard InChI is InChI=1S/C13H10FN3O3/c14-8-4-5-12(15)11(6-8)13(18)16-9-2-1-3-10(7-9)17(19)20/h1-7H,15H2,(H,16,18). The van der Waals surface area contributed by atoms with E-state index in [1.165, 1.54) is 30.3 Å². The van der Waals surface area contributed by atoms with Gasteiger partial charge in [-0.1, -0.05) is 6.07 Å². The zero-order valence-electron chi connectivity index (χ0n) is 10.2. The van der Waals surface area contributed by atoms with Crippen LogP contribution in [-0.2, 0) is 0 Å². The highest BCUT2D eigenvalue weighted by Crippen LogP contribution is 2.19. The van der Waals surface area contributed by atoms with Gasteiger partial charge < -0.3 is 11.1 Å². The Balaban J connectivity index is 2.25. The summed E-state index contributed by atoms with van der Waals surface area (Å²) >= 11 is 0. The van der Waals surface area contributed by atoms with Crippen LogP contribution < -0.4 is 11.1 Å². The van der Waals surface area contributed by atoms with E-state index < -0.39 is 16.6 Å². The van der Waals surface area contributed by atoms with Crippen LogP contribution >= 0.6 is 0 Å². The molecule has 0 aliphatic heterocycles. The molecule has 20 heavy (non-hydrogen) atoms. The van der Waals surface area contributed by atoms with Gasteiger partial charge in [0.2, 0.25) is 0 Å². The molecule has 0 aromatic heterocycles. The Hall–Kier alpha value is -2.96. The van der Waals surface area contributed by atoms with Gasteiger partial charge in [-0.05, 0) is 24.3 Å². The molecule has 2 aromatic carbocycles. The maximum atomic E-state index is 13.1. The van der Waals surface area contributed by atoms with Crippen LogP contribution in [0.15, 0.2) is 42.5 Å². The van der Waals surface area contributed by atoms with Crippen LogP contribution in [0.4, 0.5) is 21.5 Å². The number of nitro groups is 1. The lowest BCUT2D eigenvalue weighted by Crippen LogP contribution is -2.14. The predicted molar refractivity (Wildman–Crippen MR) is 71.9 cm³/mol. The van der Waals surface area contributed by atoms with Crippen LogP contribution in [0.5, 0.6) is 0 Å². The van der Waals surface area contributed by atoms with Gasteiger partial charge in [-0.25, -0.2) is 4.39 Å². The molecule has 0 unspecified atom stereocenters. The minimum atomic E-state index is -0.637. The topological polar surface area (TPSA) is 98.3 Å². The highest BCUT2D eigenvalue weighted by Gasteiger charge is 2.13. The normalized spacial score (nSPS) is 10.1. The fourth-order valence-electron chi connectivity index (χ4n) is 1.62. The van der Waals surface area contributed by atoms with Gasteiger partial charge in [0.05, 0.1) is 10.5 Å². The molecule has 2 aromatic rings. The first-order valence-corrected chi connectivity index (χ1v) is 5.58. The van der Waals surface area contributed by atoms with Gasteiger partial charge >= 0.3 is 0 Å². The highest BCUT2D eigenvalue weighted by atomic mass is 19.1.